The zero-order valence-corrected chi connectivity index (χ0v) is 7.79. The molecule has 0 unspecified atom stereocenters. The van der Waals surface area contributed by atoms with E-state index in [4.69, 9.17) is 0 Å². The molecule has 2 fully saturated rings. The Morgan fingerprint density at radius 2 is 2.00 bits per heavy atom. The smallest absolute Gasteiger partial charge is 0.0598 e. The van der Waals surface area contributed by atoms with E-state index in [9.17, 15) is 5.11 Å². The Morgan fingerprint density at radius 1 is 1.25 bits per heavy atom. The molecular formula is C10H19NO. The van der Waals surface area contributed by atoms with Crippen molar-refractivity contribution in [2.75, 3.05) is 0 Å². The van der Waals surface area contributed by atoms with Crippen LogP contribution in [-0.4, -0.2) is 23.3 Å². The van der Waals surface area contributed by atoms with Gasteiger partial charge < -0.3 is 10.4 Å². The van der Waals surface area contributed by atoms with Crippen molar-refractivity contribution in [3.05, 3.63) is 0 Å². The Hall–Kier alpha value is -0.0800. The SMILES string of the molecule is C[C@@H]1C[C@H](O)[C@@H]2CCCC[C@H]2N1. The van der Waals surface area contributed by atoms with Gasteiger partial charge in [-0.2, -0.15) is 0 Å². The molecule has 1 heterocycles. The monoisotopic (exact) mass is 169 g/mol. The number of hydrogen-bond acceptors (Lipinski definition) is 2. The summed E-state index contributed by atoms with van der Waals surface area (Å²) in [6.07, 6.45) is 6.06. The zero-order chi connectivity index (χ0) is 8.55. The summed E-state index contributed by atoms with van der Waals surface area (Å²) in [7, 11) is 0. The van der Waals surface area contributed by atoms with Gasteiger partial charge in [0, 0.05) is 18.0 Å². The summed E-state index contributed by atoms with van der Waals surface area (Å²) in [6.45, 7) is 2.17. The Bertz CT molecular complexity index is 160. The number of nitrogens with one attached hydrogen (secondary N) is 1. The topological polar surface area (TPSA) is 32.3 Å². The van der Waals surface area contributed by atoms with E-state index < -0.39 is 0 Å². The molecule has 0 radical (unpaired) electrons. The molecule has 70 valence electrons. The fourth-order valence-electron chi connectivity index (χ4n) is 2.80. The van der Waals surface area contributed by atoms with Crippen LogP contribution in [0.2, 0.25) is 0 Å². The molecule has 1 aliphatic carbocycles. The van der Waals surface area contributed by atoms with Crippen molar-refractivity contribution < 1.29 is 5.11 Å². The van der Waals surface area contributed by atoms with E-state index in [2.05, 4.69) is 12.2 Å². The molecular weight excluding hydrogens is 150 g/mol. The molecule has 1 aliphatic heterocycles. The number of aliphatic hydroxyl groups is 1. The summed E-state index contributed by atoms with van der Waals surface area (Å²) in [4.78, 5) is 0. The molecule has 0 bridgehead atoms. The molecule has 2 heteroatoms. The van der Waals surface area contributed by atoms with Crippen molar-refractivity contribution in [1.82, 2.24) is 5.32 Å². The lowest BCUT2D eigenvalue weighted by atomic mass is 9.76. The van der Waals surface area contributed by atoms with Crippen LogP contribution in [0.4, 0.5) is 0 Å². The van der Waals surface area contributed by atoms with E-state index in [-0.39, 0.29) is 6.10 Å². The van der Waals surface area contributed by atoms with Crippen molar-refractivity contribution >= 4 is 0 Å². The molecule has 1 saturated heterocycles. The summed E-state index contributed by atoms with van der Waals surface area (Å²) < 4.78 is 0. The fraction of sp³-hybridized carbons (Fsp3) is 1.00. The molecule has 1 saturated carbocycles. The fourth-order valence-corrected chi connectivity index (χ4v) is 2.80. The van der Waals surface area contributed by atoms with Gasteiger partial charge in [-0.05, 0) is 26.2 Å². The second kappa shape index (κ2) is 3.35. The van der Waals surface area contributed by atoms with Crippen molar-refractivity contribution in [2.24, 2.45) is 5.92 Å². The molecule has 0 aromatic carbocycles. The van der Waals surface area contributed by atoms with E-state index in [1.807, 2.05) is 0 Å². The van der Waals surface area contributed by atoms with Crippen LogP contribution in [0.3, 0.4) is 0 Å². The van der Waals surface area contributed by atoms with E-state index in [1.54, 1.807) is 0 Å². The number of aliphatic hydroxyl groups excluding tert-OH is 1. The van der Waals surface area contributed by atoms with Gasteiger partial charge in [0.25, 0.3) is 0 Å². The van der Waals surface area contributed by atoms with E-state index >= 15 is 0 Å². The van der Waals surface area contributed by atoms with Gasteiger partial charge in [0.05, 0.1) is 6.10 Å². The minimum Gasteiger partial charge on any atom is -0.393 e. The van der Waals surface area contributed by atoms with E-state index in [1.165, 1.54) is 25.7 Å². The second-order valence-electron chi connectivity index (χ2n) is 4.43. The van der Waals surface area contributed by atoms with Crippen LogP contribution in [0, 0.1) is 5.92 Å². The van der Waals surface area contributed by atoms with Crippen LogP contribution < -0.4 is 5.32 Å². The average Bonchev–Trinajstić information content (AvgIpc) is 2.04. The quantitative estimate of drug-likeness (QED) is 0.572. The normalized spacial score (nSPS) is 48.5. The van der Waals surface area contributed by atoms with Gasteiger partial charge in [-0.3, -0.25) is 0 Å². The Labute approximate surface area is 74.4 Å². The number of fused-ring (bicyclic) bond motifs is 1. The number of rotatable bonds is 0. The molecule has 2 N–H and O–H groups in total. The van der Waals surface area contributed by atoms with Crippen LogP contribution in [0.5, 0.6) is 0 Å². The summed E-state index contributed by atoms with van der Waals surface area (Å²) in [5, 5.41) is 13.4. The Kier molecular flexibility index (Phi) is 2.37. The van der Waals surface area contributed by atoms with Crippen LogP contribution in [0.1, 0.15) is 39.0 Å². The lowest BCUT2D eigenvalue weighted by Gasteiger charge is -2.42. The highest BCUT2D eigenvalue weighted by molar-refractivity contribution is 4.92. The maximum Gasteiger partial charge on any atom is 0.0598 e. The largest absolute Gasteiger partial charge is 0.393 e. The van der Waals surface area contributed by atoms with E-state index in [0.717, 1.165) is 6.42 Å². The highest BCUT2D eigenvalue weighted by Gasteiger charge is 2.35. The summed E-state index contributed by atoms with van der Waals surface area (Å²) >= 11 is 0. The Morgan fingerprint density at radius 3 is 2.83 bits per heavy atom. The molecule has 2 aliphatic rings. The molecule has 2 nitrogen and oxygen atoms in total. The van der Waals surface area contributed by atoms with Crippen LogP contribution in [0.15, 0.2) is 0 Å². The third-order valence-electron chi connectivity index (χ3n) is 3.41. The van der Waals surface area contributed by atoms with Gasteiger partial charge in [-0.25, -0.2) is 0 Å². The first-order valence-corrected chi connectivity index (χ1v) is 5.21. The minimum absolute atomic E-state index is 0.0356. The lowest BCUT2D eigenvalue weighted by molar-refractivity contribution is 0.0163. The van der Waals surface area contributed by atoms with Gasteiger partial charge in [-0.1, -0.05) is 12.8 Å². The number of piperidine rings is 1. The van der Waals surface area contributed by atoms with E-state index in [0.29, 0.717) is 18.0 Å². The zero-order valence-electron chi connectivity index (χ0n) is 7.79. The number of hydrogen-bond donors (Lipinski definition) is 2. The Balaban J connectivity index is 2.01. The van der Waals surface area contributed by atoms with Crippen LogP contribution in [0.25, 0.3) is 0 Å². The molecule has 0 amide bonds. The summed E-state index contributed by atoms with van der Waals surface area (Å²) in [5.74, 6) is 0.551. The van der Waals surface area contributed by atoms with Gasteiger partial charge in [-0.15, -0.1) is 0 Å². The van der Waals surface area contributed by atoms with Gasteiger partial charge in [0.15, 0.2) is 0 Å². The molecule has 0 aromatic heterocycles. The van der Waals surface area contributed by atoms with Gasteiger partial charge in [0.1, 0.15) is 0 Å². The third kappa shape index (κ3) is 1.50. The first-order valence-electron chi connectivity index (χ1n) is 5.21. The van der Waals surface area contributed by atoms with Crippen molar-refractivity contribution in [3.8, 4) is 0 Å². The predicted octanol–water partition coefficient (Wildman–Crippen LogP) is 1.29. The second-order valence-corrected chi connectivity index (χ2v) is 4.43. The van der Waals surface area contributed by atoms with Crippen LogP contribution >= 0.6 is 0 Å². The maximum absolute atomic E-state index is 9.83. The lowest BCUT2D eigenvalue weighted by Crippen LogP contribution is -2.53. The predicted molar refractivity (Wildman–Crippen MR) is 49.0 cm³/mol. The van der Waals surface area contributed by atoms with Crippen molar-refractivity contribution in [1.29, 1.82) is 0 Å². The summed E-state index contributed by atoms with van der Waals surface area (Å²) in [6, 6.07) is 1.12. The van der Waals surface area contributed by atoms with Gasteiger partial charge in [0.2, 0.25) is 0 Å². The standard InChI is InChI=1S/C10H19NO/c1-7-6-10(12)8-4-2-3-5-9(8)11-7/h7-12H,2-6H2,1H3/t7-,8-,9-,10+/m1/s1. The summed E-state index contributed by atoms with van der Waals surface area (Å²) in [5.41, 5.74) is 0. The highest BCUT2D eigenvalue weighted by atomic mass is 16.3. The molecule has 0 aromatic rings. The molecule has 2 rings (SSSR count). The van der Waals surface area contributed by atoms with Crippen LogP contribution in [-0.2, 0) is 0 Å². The molecule has 4 atom stereocenters. The van der Waals surface area contributed by atoms with Crippen molar-refractivity contribution in [2.45, 2.75) is 57.2 Å². The molecule has 0 spiro atoms. The minimum atomic E-state index is -0.0356. The first kappa shape index (κ1) is 8.52. The maximum atomic E-state index is 9.83. The first-order chi connectivity index (χ1) is 5.77. The van der Waals surface area contributed by atoms with Crippen molar-refractivity contribution in [3.63, 3.8) is 0 Å². The third-order valence-corrected chi connectivity index (χ3v) is 3.41. The highest BCUT2D eigenvalue weighted by Crippen LogP contribution is 2.32. The molecule has 12 heavy (non-hydrogen) atoms. The van der Waals surface area contributed by atoms with Gasteiger partial charge >= 0.3 is 0 Å². The average molecular weight is 169 g/mol.